The van der Waals surface area contributed by atoms with Crippen molar-refractivity contribution in [2.75, 3.05) is 13.1 Å². The molecular formula is C18H23FN4O3S. The third-order valence-corrected chi connectivity index (χ3v) is 6.49. The van der Waals surface area contributed by atoms with Crippen LogP contribution in [0.1, 0.15) is 48.1 Å². The molecule has 0 aliphatic carbocycles. The third-order valence-electron chi connectivity index (χ3n) is 4.66. The number of nitrogens with one attached hydrogen (secondary N) is 1. The highest BCUT2D eigenvalue weighted by Crippen LogP contribution is 2.23. The molecule has 1 unspecified atom stereocenters. The lowest BCUT2D eigenvalue weighted by Gasteiger charge is -2.25. The summed E-state index contributed by atoms with van der Waals surface area (Å²) < 4.78 is 41.7. The highest BCUT2D eigenvalue weighted by molar-refractivity contribution is 7.89. The Hall–Kier alpha value is -2.26. The van der Waals surface area contributed by atoms with E-state index in [4.69, 9.17) is 0 Å². The van der Waals surface area contributed by atoms with Gasteiger partial charge in [-0.3, -0.25) is 9.48 Å². The quantitative estimate of drug-likeness (QED) is 0.843. The fraction of sp³-hybridized carbons (Fsp3) is 0.444. The second-order valence-electron chi connectivity index (χ2n) is 6.73. The van der Waals surface area contributed by atoms with Crippen molar-refractivity contribution >= 4 is 15.9 Å². The first-order valence-corrected chi connectivity index (χ1v) is 10.3. The van der Waals surface area contributed by atoms with Gasteiger partial charge in [0.1, 0.15) is 5.82 Å². The second-order valence-corrected chi connectivity index (χ2v) is 8.59. The lowest BCUT2D eigenvalue weighted by molar-refractivity contribution is 0.0936. The van der Waals surface area contributed by atoms with Gasteiger partial charge in [-0.15, -0.1) is 0 Å². The van der Waals surface area contributed by atoms with E-state index >= 15 is 0 Å². The average molecular weight is 394 g/mol. The maximum Gasteiger partial charge on any atom is 0.263 e. The molecule has 27 heavy (non-hydrogen) atoms. The Morgan fingerprint density at radius 3 is 2.44 bits per heavy atom. The first-order valence-electron chi connectivity index (χ1n) is 8.89. The molecule has 7 nitrogen and oxygen atoms in total. The number of hydrogen-bond donors (Lipinski definition) is 1. The van der Waals surface area contributed by atoms with E-state index in [2.05, 4.69) is 10.4 Å². The van der Waals surface area contributed by atoms with Crippen molar-refractivity contribution in [2.45, 2.75) is 37.3 Å². The van der Waals surface area contributed by atoms with Gasteiger partial charge in [0.05, 0.1) is 11.6 Å². The molecular weight excluding hydrogens is 371 g/mol. The van der Waals surface area contributed by atoms with Gasteiger partial charge in [-0.2, -0.15) is 9.40 Å². The van der Waals surface area contributed by atoms with Gasteiger partial charge in [-0.1, -0.05) is 18.6 Å². The lowest BCUT2D eigenvalue weighted by Crippen LogP contribution is -2.37. The van der Waals surface area contributed by atoms with Crippen LogP contribution in [-0.4, -0.2) is 41.5 Å². The van der Waals surface area contributed by atoms with Gasteiger partial charge in [0.25, 0.3) is 15.9 Å². The predicted molar refractivity (Wildman–Crippen MR) is 98.1 cm³/mol. The Morgan fingerprint density at radius 1 is 1.19 bits per heavy atom. The minimum absolute atomic E-state index is 0.0111. The zero-order valence-electron chi connectivity index (χ0n) is 15.4. The number of aryl methyl sites for hydroxylation is 1. The van der Waals surface area contributed by atoms with Gasteiger partial charge in [-0.05, 0) is 37.5 Å². The molecule has 1 saturated heterocycles. The summed E-state index contributed by atoms with van der Waals surface area (Å²) in [4.78, 5) is 12.7. The summed E-state index contributed by atoms with van der Waals surface area (Å²) in [6, 6.07) is 5.37. The molecule has 3 rings (SSSR count). The van der Waals surface area contributed by atoms with E-state index in [0.29, 0.717) is 18.7 Å². The van der Waals surface area contributed by atoms with Crippen LogP contribution in [0.2, 0.25) is 0 Å². The third kappa shape index (κ3) is 4.19. The van der Waals surface area contributed by atoms with E-state index in [9.17, 15) is 17.6 Å². The van der Waals surface area contributed by atoms with Gasteiger partial charge >= 0.3 is 0 Å². The van der Waals surface area contributed by atoms with Crippen molar-refractivity contribution in [1.29, 1.82) is 0 Å². The van der Waals surface area contributed by atoms with E-state index in [0.717, 1.165) is 19.3 Å². The molecule has 0 bridgehead atoms. The van der Waals surface area contributed by atoms with Crippen LogP contribution in [-0.2, 0) is 17.1 Å². The maximum absolute atomic E-state index is 13.1. The summed E-state index contributed by atoms with van der Waals surface area (Å²) in [5.41, 5.74) is 0.728. The minimum Gasteiger partial charge on any atom is -0.345 e. The summed E-state index contributed by atoms with van der Waals surface area (Å²) in [7, 11) is -2.25. The lowest BCUT2D eigenvalue weighted by atomic mass is 10.1. The molecule has 2 heterocycles. The van der Waals surface area contributed by atoms with Crippen LogP contribution >= 0.6 is 0 Å². The molecule has 1 aliphatic heterocycles. The van der Waals surface area contributed by atoms with Crippen LogP contribution < -0.4 is 5.32 Å². The van der Waals surface area contributed by atoms with Gasteiger partial charge in [0.2, 0.25) is 5.03 Å². The normalized spacial score (nSPS) is 16.9. The number of nitrogens with zero attached hydrogens (tertiary/aromatic N) is 3. The van der Waals surface area contributed by atoms with Crippen LogP contribution in [0.15, 0.2) is 35.5 Å². The fourth-order valence-corrected chi connectivity index (χ4v) is 4.79. The summed E-state index contributed by atoms with van der Waals surface area (Å²) in [6.45, 7) is 2.62. The first kappa shape index (κ1) is 19.5. The Morgan fingerprint density at radius 2 is 1.81 bits per heavy atom. The molecule has 1 atom stereocenters. The number of carbonyl (C=O) groups is 1. The Kier molecular flexibility index (Phi) is 5.61. The van der Waals surface area contributed by atoms with Crippen LogP contribution in [0.4, 0.5) is 4.39 Å². The zero-order chi connectivity index (χ0) is 19.6. The molecule has 1 aromatic carbocycles. The number of sulfonamides is 1. The van der Waals surface area contributed by atoms with E-state index in [1.165, 1.54) is 27.3 Å². The fourth-order valence-electron chi connectivity index (χ4n) is 3.15. The summed E-state index contributed by atoms with van der Waals surface area (Å²) >= 11 is 0. The minimum atomic E-state index is -3.83. The van der Waals surface area contributed by atoms with Gasteiger partial charge in [-0.25, -0.2) is 12.8 Å². The molecule has 0 saturated carbocycles. The van der Waals surface area contributed by atoms with Crippen LogP contribution in [0, 0.1) is 5.82 Å². The highest BCUT2D eigenvalue weighted by Gasteiger charge is 2.33. The maximum atomic E-state index is 13.1. The van der Waals surface area contributed by atoms with Crippen LogP contribution in [0.5, 0.6) is 0 Å². The molecule has 146 valence electrons. The Labute approximate surface area is 158 Å². The number of carbonyl (C=O) groups excluding carboxylic acids is 1. The van der Waals surface area contributed by atoms with E-state index in [1.54, 1.807) is 26.1 Å². The average Bonchev–Trinajstić information content (AvgIpc) is 3.06. The molecule has 0 spiro atoms. The SMILES string of the molecule is CC(NC(=O)c1cn(C)nc1S(=O)(=O)N1CCCCC1)c1ccc(F)cc1. The molecule has 0 radical (unpaired) electrons. The zero-order valence-corrected chi connectivity index (χ0v) is 16.2. The van der Waals surface area contributed by atoms with Crippen molar-refractivity contribution in [1.82, 2.24) is 19.4 Å². The van der Waals surface area contributed by atoms with E-state index in [-0.39, 0.29) is 16.4 Å². The Balaban J connectivity index is 1.84. The van der Waals surface area contributed by atoms with Crippen molar-refractivity contribution < 1.29 is 17.6 Å². The van der Waals surface area contributed by atoms with Crippen molar-refractivity contribution in [3.8, 4) is 0 Å². The number of benzene rings is 1. The molecule has 9 heteroatoms. The van der Waals surface area contributed by atoms with E-state index in [1.807, 2.05) is 0 Å². The van der Waals surface area contributed by atoms with Crippen molar-refractivity contribution in [3.63, 3.8) is 0 Å². The highest BCUT2D eigenvalue weighted by atomic mass is 32.2. The number of aromatic nitrogens is 2. The van der Waals surface area contributed by atoms with Crippen molar-refractivity contribution in [3.05, 3.63) is 47.4 Å². The van der Waals surface area contributed by atoms with Crippen molar-refractivity contribution in [2.24, 2.45) is 7.05 Å². The largest absolute Gasteiger partial charge is 0.345 e. The molecule has 1 aromatic heterocycles. The van der Waals surface area contributed by atoms with Crippen LogP contribution in [0.25, 0.3) is 0 Å². The summed E-state index contributed by atoms with van der Waals surface area (Å²) in [5.74, 6) is -0.894. The van der Waals surface area contributed by atoms with Gasteiger partial charge < -0.3 is 5.32 Å². The number of rotatable bonds is 5. The molecule has 1 fully saturated rings. The Bertz CT molecular complexity index is 919. The molecule has 2 aromatic rings. The van der Waals surface area contributed by atoms with Crippen LogP contribution in [0.3, 0.4) is 0 Å². The number of halogens is 1. The topological polar surface area (TPSA) is 84.3 Å². The van der Waals surface area contributed by atoms with E-state index < -0.39 is 22.0 Å². The number of piperidine rings is 1. The van der Waals surface area contributed by atoms with Gasteiger partial charge in [0, 0.05) is 26.3 Å². The number of amides is 1. The molecule has 1 aliphatic rings. The number of hydrogen-bond acceptors (Lipinski definition) is 4. The first-order chi connectivity index (χ1) is 12.8. The molecule has 1 amide bonds. The summed E-state index contributed by atoms with van der Waals surface area (Å²) in [5, 5.41) is 6.58. The van der Waals surface area contributed by atoms with Gasteiger partial charge in [0.15, 0.2) is 0 Å². The smallest absolute Gasteiger partial charge is 0.263 e. The predicted octanol–water partition coefficient (Wildman–Crippen LogP) is 2.22. The monoisotopic (exact) mass is 394 g/mol. The standard InChI is InChI=1S/C18H23FN4O3S/c1-13(14-6-8-15(19)9-7-14)20-17(24)16-12-22(2)21-18(16)27(25,26)23-10-4-3-5-11-23/h6-9,12-13H,3-5,10-11H2,1-2H3,(H,20,24). The molecule has 1 N–H and O–H groups in total. The summed E-state index contributed by atoms with van der Waals surface area (Å²) in [6.07, 6.45) is 4.00. The second kappa shape index (κ2) is 7.77.